The van der Waals surface area contributed by atoms with Crippen molar-refractivity contribution in [3.05, 3.63) is 13.2 Å². The van der Waals surface area contributed by atoms with Crippen LogP contribution < -0.4 is 0 Å². The third-order valence-electron chi connectivity index (χ3n) is 2.43. The number of ether oxygens (including phenoxy) is 2. The number of rotatable bonds is 7. The third kappa shape index (κ3) is 53.9. The van der Waals surface area contributed by atoms with E-state index >= 15 is 0 Å². The Morgan fingerprint density at radius 3 is 1.12 bits per heavy atom. The van der Waals surface area contributed by atoms with E-state index in [1.807, 2.05) is 13.8 Å². The average Bonchev–Trinajstić information content (AvgIpc) is 2.59. The van der Waals surface area contributed by atoms with Crippen LogP contribution in [0.5, 0.6) is 0 Å². The smallest absolute Gasteiger partial charge is 0.158 e. The number of aliphatic hydroxyl groups is 2. The van der Waals surface area contributed by atoms with Gasteiger partial charge in [-0.05, 0) is 48.5 Å². The van der Waals surface area contributed by atoms with Crippen LogP contribution in [0.3, 0.4) is 0 Å². The Morgan fingerprint density at radius 1 is 0.618 bits per heavy atom. The number of aliphatic hydroxyl groups excluding tert-OH is 2. The van der Waals surface area contributed by atoms with Crippen molar-refractivity contribution < 1.29 is 95.2 Å². The van der Waals surface area contributed by atoms with Crippen molar-refractivity contribution >= 4 is 0 Å². The average molecular weight is 647 g/mol. The first-order valence-electron chi connectivity index (χ1n) is 8.25. The molecule has 0 aliphatic heterocycles. The van der Waals surface area contributed by atoms with E-state index in [2.05, 4.69) is 41.7 Å². The van der Waals surface area contributed by atoms with Crippen LogP contribution >= 0.6 is 0 Å². The molecule has 2 radical (unpaired) electrons. The summed E-state index contributed by atoms with van der Waals surface area (Å²) in [7, 11) is 0. The molecule has 0 amide bonds. The maximum Gasteiger partial charge on any atom is 0.158 e. The summed E-state index contributed by atoms with van der Waals surface area (Å²) < 4.78 is 10.5. The van der Waals surface area contributed by atoms with E-state index < -0.39 is 16.8 Å². The molecule has 34 heavy (non-hydrogen) atoms. The van der Waals surface area contributed by atoms with Gasteiger partial charge in [-0.2, -0.15) is 0 Å². The van der Waals surface area contributed by atoms with E-state index in [0.717, 1.165) is 0 Å². The van der Waals surface area contributed by atoms with Gasteiger partial charge in [0.25, 0.3) is 0 Å². The zero-order valence-electron chi connectivity index (χ0n) is 18.5. The topological polar surface area (TPSA) is 88.4 Å². The fourth-order valence-electron chi connectivity index (χ4n) is 1.30. The molecular formula is C26H60O6Y2. The maximum absolute atomic E-state index is 8.57. The van der Waals surface area contributed by atoms with Crippen molar-refractivity contribution in [2.75, 3.05) is 26.4 Å². The van der Waals surface area contributed by atoms with Crippen molar-refractivity contribution in [3.63, 3.8) is 0 Å². The predicted molar refractivity (Wildman–Crippen MR) is 145 cm³/mol. The Labute approximate surface area is 266 Å². The van der Waals surface area contributed by atoms with E-state index in [9.17, 15) is 0 Å². The minimum Gasteiger partial charge on any atom is -0.394 e. The minimum absolute atomic E-state index is 0. The van der Waals surface area contributed by atoms with Crippen molar-refractivity contribution in [1.29, 1.82) is 0 Å². The van der Waals surface area contributed by atoms with Gasteiger partial charge in [0.05, 0.1) is 26.4 Å². The van der Waals surface area contributed by atoms with E-state index in [1.54, 1.807) is 34.6 Å². The van der Waals surface area contributed by atoms with Gasteiger partial charge in [0.2, 0.25) is 0 Å². The largest absolute Gasteiger partial charge is 0.394 e. The number of hydrogen-bond acceptors (Lipinski definition) is 6. The van der Waals surface area contributed by atoms with Crippen molar-refractivity contribution in [3.8, 4) is 23.7 Å². The molecule has 206 valence electrons. The van der Waals surface area contributed by atoms with Gasteiger partial charge in [0.15, 0.2) is 5.60 Å². The molecule has 0 spiro atoms. The predicted octanol–water partition coefficient (Wildman–Crippen LogP) is 6.46. The van der Waals surface area contributed by atoms with Crippen LogP contribution in [0.25, 0.3) is 0 Å². The molecule has 0 bridgehead atoms. The second kappa shape index (κ2) is 41.0. The van der Waals surface area contributed by atoms with Crippen LogP contribution in [0.1, 0.15) is 93.0 Å². The van der Waals surface area contributed by atoms with Gasteiger partial charge in [0.1, 0.15) is 11.2 Å². The van der Waals surface area contributed by atoms with Crippen LogP contribution in [-0.4, -0.2) is 58.7 Å². The van der Waals surface area contributed by atoms with Gasteiger partial charge in [-0.25, -0.2) is 4.89 Å². The van der Waals surface area contributed by atoms with Crippen LogP contribution in [0.4, 0.5) is 0 Å². The summed E-state index contributed by atoms with van der Waals surface area (Å²) in [5.41, 5.74) is -1.98. The molecule has 0 fully saturated rings. The molecule has 0 aliphatic rings. The van der Waals surface area contributed by atoms with Crippen LogP contribution in [-0.2, 0) is 79.8 Å². The molecule has 0 aliphatic carbocycles. The van der Waals surface area contributed by atoms with Gasteiger partial charge in [-0.1, -0.05) is 62.3 Å². The summed E-state index contributed by atoms with van der Waals surface area (Å²) in [6.07, 6.45) is 0. The van der Waals surface area contributed by atoms with E-state index in [1.165, 1.54) is 0 Å². The first-order valence-corrected chi connectivity index (χ1v) is 8.25. The number of hydrogen-bond donors (Lipinski definition) is 3. The summed E-state index contributed by atoms with van der Waals surface area (Å²) in [6.45, 7) is 19.0. The second-order valence-corrected chi connectivity index (χ2v) is 6.39. The monoisotopic (exact) mass is 646 g/mol. The summed E-state index contributed by atoms with van der Waals surface area (Å²) in [5.74, 6) is 11.2. The van der Waals surface area contributed by atoms with Gasteiger partial charge < -0.3 is 19.7 Å². The molecule has 0 saturated heterocycles. The molecule has 8 heteroatoms. The molecule has 0 atom stereocenters. The quantitative estimate of drug-likeness (QED) is 0.128. The maximum atomic E-state index is 8.57. The minimum atomic E-state index is -0.903. The molecule has 0 rings (SSSR count). The van der Waals surface area contributed by atoms with Gasteiger partial charge >= 0.3 is 0 Å². The molecule has 0 unspecified atom stereocenters. The molecule has 3 N–H and O–H groups in total. The fraction of sp³-hybridized carbons (Fsp3) is 0.769. The van der Waals surface area contributed by atoms with Gasteiger partial charge in [-0.15, -0.1) is 19.1 Å². The fourth-order valence-corrected chi connectivity index (χ4v) is 1.30. The molecular weight excluding hydrogens is 586 g/mol. The molecule has 0 aromatic heterocycles. The SMILES string of the molecule is C.C.C.C.C.C.C=C.CC#CC(C)(C)OCCO.CC(C)(C#CC(C)(C)OCCO)OO.[Y].[Y]. The Morgan fingerprint density at radius 2 is 0.882 bits per heavy atom. The third-order valence-corrected chi connectivity index (χ3v) is 2.43. The first kappa shape index (κ1) is 70.2. The molecule has 0 aromatic carbocycles. The second-order valence-electron chi connectivity index (χ2n) is 6.39. The van der Waals surface area contributed by atoms with E-state index in [-0.39, 0.29) is 130 Å². The van der Waals surface area contributed by atoms with Crippen molar-refractivity contribution in [2.24, 2.45) is 0 Å². The molecule has 0 saturated carbocycles. The summed E-state index contributed by atoms with van der Waals surface area (Å²) >= 11 is 0. The first-order chi connectivity index (χ1) is 11.9. The molecule has 6 nitrogen and oxygen atoms in total. The standard InChI is InChI=1S/C10H18O4.C8H14O2.C2H4.6CH4.2Y/c1-9(2,13-8-7-11)5-6-10(3,4)14-12;1-4-5-8(2,3)10-7-6-9;1-2;;;;;;;;/h11-12H,7-8H2,1-4H3;9H,6-7H2,1-3H3;1-2H2;6*1H4;;. The van der Waals surface area contributed by atoms with E-state index in [0.29, 0.717) is 6.61 Å². The Kier molecular flexibility index (Phi) is 84.6. The Bertz CT molecular complexity index is 473. The zero-order valence-corrected chi connectivity index (χ0v) is 24.1. The van der Waals surface area contributed by atoms with Gasteiger partial charge in [0, 0.05) is 65.4 Å². The summed E-state index contributed by atoms with van der Waals surface area (Å²) in [4.78, 5) is 4.16. The molecule has 0 heterocycles. The van der Waals surface area contributed by atoms with E-state index in [4.69, 9.17) is 24.9 Å². The Balaban J connectivity index is -0.0000000270. The van der Waals surface area contributed by atoms with Crippen molar-refractivity contribution in [1.82, 2.24) is 0 Å². The zero-order chi connectivity index (χ0) is 21.3. The normalized spacial score (nSPS) is 8.18. The Hall–Kier alpha value is 0.828. The summed E-state index contributed by atoms with van der Waals surface area (Å²) in [5, 5.41) is 25.5. The van der Waals surface area contributed by atoms with Crippen LogP contribution in [0, 0.1) is 23.7 Å². The van der Waals surface area contributed by atoms with Crippen LogP contribution in [0.2, 0.25) is 0 Å². The van der Waals surface area contributed by atoms with Crippen LogP contribution in [0.15, 0.2) is 13.2 Å². The van der Waals surface area contributed by atoms with Crippen molar-refractivity contribution in [2.45, 2.75) is 110 Å². The van der Waals surface area contributed by atoms with Gasteiger partial charge in [-0.3, -0.25) is 5.26 Å². The molecule has 0 aromatic rings. The summed E-state index contributed by atoms with van der Waals surface area (Å²) in [6, 6.07) is 0.